The average Bonchev–Trinajstić information content (AvgIpc) is 2.87. The van der Waals surface area contributed by atoms with Gasteiger partial charge >= 0.3 is 0 Å². The molecule has 1 saturated carbocycles. The Morgan fingerprint density at radius 2 is 2.37 bits per heavy atom. The van der Waals surface area contributed by atoms with E-state index < -0.39 is 0 Å². The highest BCUT2D eigenvalue weighted by Gasteiger charge is 2.42. The summed E-state index contributed by atoms with van der Waals surface area (Å²) < 4.78 is 0. The number of fused-ring (bicyclic) bond motifs is 1. The summed E-state index contributed by atoms with van der Waals surface area (Å²) in [6.45, 7) is 2.92. The zero-order valence-electron chi connectivity index (χ0n) is 11.1. The Labute approximate surface area is 118 Å². The lowest BCUT2D eigenvalue weighted by Gasteiger charge is -2.47. The van der Waals surface area contributed by atoms with Crippen LogP contribution in [0.3, 0.4) is 0 Å². The van der Waals surface area contributed by atoms with E-state index in [2.05, 4.69) is 11.0 Å². The van der Waals surface area contributed by atoms with Gasteiger partial charge in [-0.2, -0.15) is 5.26 Å². The molecule has 0 radical (unpaired) electrons. The van der Waals surface area contributed by atoms with Crippen LogP contribution in [-0.2, 0) is 6.54 Å². The van der Waals surface area contributed by atoms with E-state index in [4.69, 9.17) is 5.26 Å². The molecular weight excluding hydrogens is 256 g/mol. The second-order valence-corrected chi connectivity index (χ2v) is 6.94. The van der Waals surface area contributed by atoms with Gasteiger partial charge in [0.2, 0.25) is 0 Å². The summed E-state index contributed by atoms with van der Waals surface area (Å²) in [6.07, 6.45) is 5.51. The Bertz CT molecular complexity index is 493. The topological polar surface area (TPSA) is 47.3 Å². The van der Waals surface area contributed by atoms with Crippen molar-refractivity contribution < 1.29 is 5.11 Å². The number of thiophene rings is 1. The minimum Gasteiger partial charge on any atom is -0.390 e. The molecule has 2 atom stereocenters. The van der Waals surface area contributed by atoms with Crippen LogP contribution < -0.4 is 0 Å². The molecule has 1 aliphatic carbocycles. The molecule has 1 aromatic heterocycles. The molecule has 3 nitrogen and oxygen atoms in total. The summed E-state index contributed by atoms with van der Waals surface area (Å²) in [5.74, 6) is 0.449. The van der Waals surface area contributed by atoms with Gasteiger partial charge in [0.05, 0.1) is 11.2 Å². The van der Waals surface area contributed by atoms with E-state index in [9.17, 15) is 5.11 Å². The van der Waals surface area contributed by atoms with Crippen LogP contribution in [0.15, 0.2) is 11.4 Å². The number of rotatable bonds is 2. The van der Waals surface area contributed by atoms with Gasteiger partial charge in [0, 0.05) is 35.8 Å². The van der Waals surface area contributed by atoms with Gasteiger partial charge in [0.15, 0.2) is 0 Å². The molecule has 19 heavy (non-hydrogen) atoms. The second-order valence-electron chi connectivity index (χ2n) is 5.94. The quantitative estimate of drug-likeness (QED) is 0.903. The summed E-state index contributed by atoms with van der Waals surface area (Å²) in [5.41, 5.74) is 0.383. The van der Waals surface area contributed by atoms with Gasteiger partial charge in [-0.15, -0.1) is 11.3 Å². The van der Waals surface area contributed by atoms with Crippen LogP contribution in [0.5, 0.6) is 0 Å². The molecule has 2 heterocycles. The summed E-state index contributed by atoms with van der Waals surface area (Å²) in [4.78, 5) is 3.70. The number of nitrogens with zero attached hydrogens (tertiary/aromatic N) is 2. The molecule has 0 aromatic carbocycles. The first-order valence-corrected chi connectivity index (χ1v) is 8.00. The molecule has 1 saturated heterocycles. The maximum atomic E-state index is 10.6. The SMILES string of the molecule is N#Cc1csc(CN2CCC3(O)CCCCC3C2)c1. The molecule has 0 amide bonds. The zero-order chi connectivity index (χ0) is 13.3. The molecular formula is C15H20N2OS. The van der Waals surface area contributed by atoms with Crippen LogP contribution >= 0.6 is 11.3 Å². The van der Waals surface area contributed by atoms with Gasteiger partial charge in [-0.3, -0.25) is 4.90 Å². The van der Waals surface area contributed by atoms with E-state index in [1.165, 1.54) is 24.1 Å². The standard InChI is InChI=1S/C15H20N2OS/c16-8-12-7-14(19-11-12)10-17-6-5-15(18)4-2-1-3-13(15)9-17/h7,11,13,18H,1-6,9-10H2. The van der Waals surface area contributed by atoms with Crippen LogP contribution in [0, 0.1) is 17.2 Å². The van der Waals surface area contributed by atoms with Crippen LogP contribution in [-0.4, -0.2) is 28.7 Å². The number of hydrogen-bond donors (Lipinski definition) is 1. The van der Waals surface area contributed by atoms with E-state index in [0.717, 1.165) is 38.0 Å². The fourth-order valence-corrected chi connectivity index (χ4v) is 4.38. The first kappa shape index (κ1) is 13.1. The van der Waals surface area contributed by atoms with E-state index in [0.29, 0.717) is 5.92 Å². The highest BCUT2D eigenvalue weighted by Crippen LogP contribution is 2.40. The molecule has 2 unspecified atom stereocenters. The predicted molar refractivity (Wildman–Crippen MR) is 75.8 cm³/mol. The summed E-state index contributed by atoms with van der Waals surface area (Å²) in [5, 5.41) is 21.4. The van der Waals surface area contributed by atoms with Crippen LogP contribution in [0.1, 0.15) is 42.5 Å². The lowest BCUT2D eigenvalue weighted by molar-refractivity contribution is -0.0966. The Hall–Kier alpha value is -0.890. The van der Waals surface area contributed by atoms with Crippen molar-refractivity contribution in [2.24, 2.45) is 5.92 Å². The molecule has 3 rings (SSSR count). The van der Waals surface area contributed by atoms with Crippen molar-refractivity contribution in [1.29, 1.82) is 5.26 Å². The van der Waals surface area contributed by atoms with E-state index >= 15 is 0 Å². The lowest BCUT2D eigenvalue weighted by Crippen LogP contribution is -2.52. The number of nitriles is 1. The third kappa shape index (κ3) is 2.69. The first-order valence-electron chi connectivity index (χ1n) is 7.12. The minimum atomic E-state index is -0.387. The second kappa shape index (κ2) is 5.24. The highest BCUT2D eigenvalue weighted by molar-refractivity contribution is 7.10. The smallest absolute Gasteiger partial charge is 0.100 e. The monoisotopic (exact) mass is 276 g/mol. The first-order chi connectivity index (χ1) is 9.19. The molecule has 2 fully saturated rings. The van der Waals surface area contributed by atoms with Crippen LogP contribution in [0.25, 0.3) is 0 Å². The average molecular weight is 276 g/mol. The molecule has 4 heteroatoms. The number of aliphatic hydroxyl groups is 1. The third-order valence-electron chi connectivity index (χ3n) is 4.67. The molecule has 1 aromatic rings. The molecule has 102 valence electrons. The number of hydrogen-bond acceptors (Lipinski definition) is 4. The zero-order valence-corrected chi connectivity index (χ0v) is 12.0. The van der Waals surface area contributed by atoms with Crippen molar-refractivity contribution in [2.75, 3.05) is 13.1 Å². The van der Waals surface area contributed by atoms with E-state index in [1.54, 1.807) is 11.3 Å². The predicted octanol–water partition coefficient (Wildman–Crippen LogP) is 2.75. The van der Waals surface area contributed by atoms with Crippen molar-refractivity contribution in [3.8, 4) is 6.07 Å². The van der Waals surface area contributed by atoms with Crippen molar-refractivity contribution >= 4 is 11.3 Å². The lowest BCUT2D eigenvalue weighted by atomic mass is 9.71. The van der Waals surface area contributed by atoms with E-state index in [-0.39, 0.29) is 5.60 Å². The Morgan fingerprint density at radius 3 is 3.16 bits per heavy atom. The molecule has 0 bridgehead atoms. The van der Waals surface area contributed by atoms with Crippen LogP contribution in [0.4, 0.5) is 0 Å². The van der Waals surface area contributed by atoms with Crippen LogP contribution in [0.2, 0.25) is 0 Å². The van der Waals surface area contributed by atoms with Gasteiger partial charge in [0.1, 0.15) is 6.07 Å². The van der Waals surface area contributed by atoms with Crippen molar-refractivity contribution in [3.05, 3.63) is 21.9 Å². The molecule has 0 spiro atoms. The number of piperidine rings is 1. The van der Waals surface area contributed by atoms with Crippen molar-refractivity contribution in [3.63, 3.8) is 0 Å². The Morgan fingerprint density at radius 1 is 1.47 bits per heavy atom. The van der Waals surface area contributed by atoms with Crippen molar-refractivity contribution in [1.82, 2.24) is 4.90 Å². The number of likely N-dealkylation sites (tertiary alicyclic amines) is 1. The van der Waals surface area contributed by atoms with Gasteiger partial charge in [0.25, 0.3) is 0 Å². The largest absolute Gasteiger partial charge is 0.390 e. The minimum absolute atomic E-state index is 0.387. The van der Waals surface area contributed by atoms with Gasteiger partial charge in [-0.25, -0.2) is 0 Å². The molecule has 2 aliphatic rings. The summed E-state index contributed by atoms with van der Waals surface area (Å²) in [6, 6.07) is 4.18. The summed E-state index contributed by atoms with van der Waals surface area (Å²) in [7, 11) is 0. The summed E-state index contributed by atoms with van der Waals surface area (Å²) >= 11 is 1.67. The van der Waals surface area contributed by atoms with Gasteiger partial charge in [-0.1, -0.05) is 12.8 Å². The maximum absolute atomic E-state index is 10.6. The fourth-order valence-electron chi connectivity index (χ4n) is 3.53. The van der Waals surface area contributed by atoms with Gasteiger partial charge < -0.3 is 5.11 Å². The highest BCUT2D eigenvalue weighted by atomic mass is 32.1. The normalized spacial score (nSPS) is 31.7. The van der Waals surface area contributed by atoms with Crippen molar-refractivity contribution in [2.45, 2.75) is 44.2 Å². The maximum Gasteiger partial charge on any atom is 0.100 e. The molecule has 1 aliphatic heterocycles. The molecule has 1 N–H and O–H groups in total. The third-order valence-corrected chi connectivity index (χ3v) is 5.60. The Balaban J connectivity index is 1.63. The fraction of sp³-hybridized carbons (Fsp3) is 0.667. The Kier molecular flexibility index (Phi) is 3.62. The van der Waals surface area contributed by atoms with Gasteiger partial charge in [-0.05, 0) is 25.3 Å². The van der Waals surface area contributed by atoms with E-state index in [1.807, 2.05) is 11.4 Å².